The number of hydrogen-bond donors (Lipinski definition) is 2. The van der Waals surface area contributed by atoms with Crippen LogP contribution in [-0.2, 0) is 0 Å². The molecule has 0 aliphatic rings. The predicted octanol–water partition coefficient (Wildman–Crippen LogP) is 2.95. The van der Waals surface area contributed by atoms with E-state index in [-0.39, 0.29) is 0 Å². The van der Waals surface area contributed by atoms with E-state index < -0.39 is 12.8 Å². The molecule has 0 bridgehead atoms. The zero-order valence-corrected chi connectivity index (χ0v) is 12.0. The van der Waals surface area contributed by atoms with Crippen LogP contribution in [-0.4, -0.2) is 22.8 Å². The number of fused-ring (bicyclic) bond motifs is 2. The van der Waals surface area contributed by atoms with Crippen molar-refractivity contribution < 1.29 is 14.8 Å². The minimum Gasteiger partial charge on any atom is -0.421 e. The van der Waals surface area contributed by atoms with Gasteiger partial charge in [0.05, 0.1) is 0 Å². The first-order valence-electron chi connectivity index (χ1n) is 6.10. The maximum Gasteiger partial charge on any atom is 0.532 e. The SMILES string of the molecule is O=C(B(O)O)c1c2ccccc2c(Br)c2ccccc12. The maximum absolute atomic E-state index is 12.2. The third kappa shape index (κ3) is 1.95. The van der Waals surface area contributed by atoms with Gasteiger partial charge in [-0.1, -0.05) is 48.5 Å². The Hall–Kier alpha value is -1.69. The largest absolute Gasteiger partial charge is 0.532 e. The molecule has 20 heavy (non-hydrogen) atoms. The van der Waals surface area contributed by atoms with Gasteiger partial charge in [-0.25, -0.2) is 0 Å². The van der Waals surface area contributed by atoms with Crippen molar-refractivity contribution in [2.75, 3.05) is 0 Å². The molecule has 0 radical (unpaired) electrons. The normalized spacial score (nSPS) is 10.9. The van der Waals surface area contributed by atoms with Crippen LogP contribution in [0.4, 0.5) is 0 Å². The molecule has 0 unspecified atom stereocenters. The quantitative estimate of drug-likeness (QED) is 0.561. The van der Waals surface area contributed by atoms with Gasteiger partial charge in [0.15, 0.2) is 5.68 Å². The highest BCUT2D eigenvalue weighted by molar-refractivity contribution is 9.10. The van der Waals surface area contributed by atoms with E-state index >= 15 is 0 Å². The van der Waals surface area contributed by atoms with E-state index in [4.69, 9.17) is 0 Å². The zero-order chi connectivity index (χ0) is 14.3. The van der Waals surface area contributed by atoms with Crippen LogP contribution >= 0.6 is 15.9 Å². The average Bonchev–Trinajstić information content (AvgIpc) is 2.47. The molecule has 2 N–H and O–H groups in total. The highest BCUT2D eigenvalue weighted by Crippen LogP contribution is 2.36. The molecule has 3 aromatic carbocycles. The van der Waals surface area contributed by atoms with E-state index in [0.29, 0.717) is 16.3 Å². The molecule has 3 rings (SSSR count). The lowest BCUT2D eigenvalue weighted by molar-refractivity contribution is 0.103. The average molecular weight is 329 g/mol. The summed E-state index contributed by atoms with van der Waals surface area (Å²) in [7, 11) is -2.01. The Morgan fingerprint density at radius 1 is 0.850 bits per heavy atom. The van der Waals surface area contributed by atoms with Gasteiger partial charge in [-0.15, -0.1) is 0 Å². The summed E-state index contributed by atoms with van der Waals surface area (Å²) in [4.78, 5) is 12.2. The molecule has 0 aromatic heterocycles. The van der Waals surface area contributed by atoms with E-state index in [1.165, 1.54) is 0 Å². The summed E-state index contributed by atoms with van der Waals surface area (Å²) in [6, 6.07) is 14.8. The van der Waals surface area contributed by atoms with Gasteiger partial charge in [0.25, 0.3) is 0 Å². The fraction of sp³-hybridized carbons (Fsp3) is 0. The molecule has 3 nitrogen and oxygen atoms in total. The smallest absolute Gasteiger partial charge is 0.421 e. The molecular formula is C15H10BBrO3. The van der Waals surface area contributed by atoms with Crippen molar-refractivity contribution >= 4 is 50.3 Å². The minimum absolute atomic E-state index is 0.342. The first-order valence-corrected chi connectivity index (χ1v) is 6.90. The number of rotatable bonds is 2. The summed E-state index contributed by atoms with van der Waals surface area (Å²) in [6.07, 6.45) is 0. The standard InChI is InChI=1S/C15H10BBrO3/c17-14-11-7-3-1-5-9(11)13(15(18)16(19)20)10-6-2-4-8-12(10)14/h1-8,19-20H. The van der Waals surface area contributed by atoms with Gasteiger partial charge in [-0.05, 0) is 37.5 Å². The Balaban J connectivity index is 2.56. The summed E-state index contributed by atoms with van der Waals surface area (Å²) in [5, 5.41) is 21.7. The van der Waals surface area contributed by atoms with E-state index in [1.807, 2.05) is 48.5 Å². The van der Waals surface area contributed by atoms with E-state index in [2.05, 4.69) is 15.9 Å². The second-order valence-corrected chi connectivity index (χ2v) is 5.31. The van der Waals surface area contributed by atoms with Gasteiger partial charge in [0.1, 0.15) is 0 Å². The van der Waals surface area contributed by atoms with Crippen molar-refractivity contribution in [3.63, 3.8) is 0 Å². The minimum atomic E-state index is -2.01. The number of benzene rings is 3. The van der Waals surface area contributed by atoms with Gasteiger partial charge >= 0.3 is 7.12 Å². The van der Waals surface area contributed by atoms with E-state index in [9.17, 15) is 14.8 Å². The molecule has 0 fully saturated rings. The lowest BCUT2D eigenvalue weighted by Crippen LogP contribution is -2.26. The Kier molecular flexibility index (Phi) is 3.34. The second kappa shape index (κ2) is 5.02. The number of carbonyl (C=O) groups is 1. The second-order valence-electron chi connectivity index (χ2n) is 4.52. The number of hydrogen-bond acceptors (Lipinski definition) is 3. The predicted molar refractivity (Wildman–Crippen MR) is 83.7 cm³/mol. The molecule has 0 saturated carbocycles. The van der Waals surface area contributed by atoms with Gasteiger partial charge in [-0.3, -0.25) is 4.79 Å². The lowest BCUT2D eigenvalue weighted by atomic mass is 9.76. The van der Waals surface area contributed by atoms with Crippen molar-refractivity contribution in [1.82, 2.24) is 0 Å². The van der Waals surface area contributed by atoms with Crippen molar-refractivity contribution in [3.8, 4) is 0 Å². The molecule has 98 valence electrons. The van der Waals surface area contributed by atoms with Crippen LogP contribution < -0.4 is 0 Å². The Bertz CT molecular complexity index is 773. The molecule has 0 spiro atoms. The van der Waals surface area contributed by atoms with Gasteiger partial charge in [0.2, 0.25) is 0 Å². The summed E-state index contributed by atoms with van der Waals surface area (Å²) in [6.45, 7) is 0. The first kappa shape index (κ1) is 13.3. The molecule has 3 aromatic rings. The van der Waals surface area contributed by atoms with Crippen LogP contribution in [0.3, 0.4) is 0 Å². The van der Waals surface area contributed by atoms with E-state index in [1.54, 1.807) is 0 Å². The van der Waals surface area contributed by atoms with Crippen molar-refractivity contribution in [2.24, 2.45) is 0 Å². The van der Waals surface area contributed by atoms with Crippen molar-refractivity contribution in [3.05, 3.63) is 58.6 Å². The molecule has 0 atom stereocenters. The van der Waals surface area contributed by atoms with Crippen LogP contribution in [0.15, 0.2) is 53.0 Å². The lowest BCUT2D eigenvalue weighted by Gasteiger charge is -2.12. The summed E-state index contributed by atoms with van der Waals surface area (Å²) in [5.74, 6) is 0. The van der Waals surface area contributed by atoms with Crippen molar-refractivity contribution in [1.29, 1.82) is 0 Å². The van der Waals surface area contributed by atoms with Gasteiger partial charge in [-0.2, -0.15) is 0 Å². The molecule has 0 amide bonds. The third-order valence-corrected chi connectivity index (χ3v) is 4.20. The molecular weight excluding hydrogens is 319 g/mol. The van der Waals surface area contributed by atoms with Crippen LogP contribution in [0.1, 0.15) is 10.4 Å². The third-order valence-electron chi connectivity index (χ3n) is 3.35. The van der Waals surface area contributed by atoms with Gasteiger partial charge < -0.3 is 10.0 Å². The molecule has 5 heteroatoms. The highest BCUT2D eigenvalue weighted by atomic mass is 79.9. The molecule has 0 aliphatic carbocycles. The number of halogens is 1. The summed E-state index contributed by atoms with van der Waals surface area (Å²) >= 11 is 3.57. The molecule has 0 saturated heterocycles. The van der Waals surface area contributed by atoms with Crippen LogP contribution in [0.25, 0.3) is 21.5 Å². The number of carbonyl (C=O) groups excluding carboxylic acids is 1. The topological polar surface area (TPSA) is 57.5 Å². The van der Waals surface area contributed by atoms with E-state index in [0.717, 1.165) is 15.2 Å². The van der Waals surface area contributed by atoms with Crippen molar-refractivity contribution in [2.45, 2.75) is 0 Å². The van der Waals surface area contributed by atoms with Gasteiger partial charge in [0, 0.05) is 10.0 Å². The maximum atomic E-state index is 12.2. The zero-order valence-electron chi connectivity index (χ0n) is 10.4. The Morgan fingerprint density at radius 3 is 1.65 bits per heavy atom. The molecule has 0 heterocycles. The van der Waals surface area contributed by atoms with Crippen LogP contribution in [0.2, 0.25) is 0 Å². The Labute approximate surface area is 124 Å². The summed E-state index contributed by atoms with van der Waals surface area (Å²) < 4.78 is 0.896. The summed E-state index contributed by atoms with van der Waals surface area (Å²) in [5.41, 5.74) is -0.348. The monoisotopic (exact) mass is 328 g/mol. The Morgan fingerprint density at radius 2 is 1.25 bits per heavy atom. The highest BCUT2D eigenvalue weighted by Gasteiger charge is 2.26. The fourth-order valence-electron chi connectivity index (χ4n) is 2.47. The van der Waals surface area contributed by atoms with Crippen LogP contribution in [0.5, 0.6) is 0 Å². The molecule has 0 aliphatic heterocycles. The first-order chi connectivity index (χ1) is 9.61. The fourth-order valence-corrected chi connectivity index (χ4v) is 3.16. The van der Waals surface area contributed by atoms with Crippen LogP contribution in [0, 0.1) is 0 Å².